The zero-order valence-corrected chi connectivity index (χ0v) is 6.80. The van der Waals surface area contributed by atoms with Gasteiger partial charge in [0.1, 0.15) is 0 Å². The maximum absolute atomic E-state index is 9.34. The van der Waals surface area contributed by atoms with E-state index in [1.165, 1.54) is 6.42 Å². The molecule has 1 heteroatoms. The van der Waals surface area contributed by atoms with E-state index in [-0.39, 0.29) is 6.10 Å². The summed E-state index contributed by atoms with van der Waals surface area (Å²) < 4.78 is 0. The highest BCUT2D eigenvalue weighted by atomic mass is 16.3. The summed E-state index contributed by atoms with van der Waals surface area (Å²) >= 11 is 0. The predicted octanol–water partition coefficient (Wildman–Crippen LogP) is 1.80. The smallest absolute Gasteiger partial charge is 0.0548 e. The molecule has 0 aromatic heterocycles. The van der Waals surface area contributed by atoms with Crippen molar-refractivity contribution in [2.24, 2.45) is 17.3 Å². The van der Waals surface area contributed by atoms with Crippen molar-refractivity contribution in [2.75, 3.05) is 0 Å². The Hall–Kier alpha value is -0.0400. The molecule has 0 spiro atoms. The van der Waals surface area contributed by atoms with Gasteiger partial charge in [0.15, 0.2) is 0 Å². The molecule has 0 aromatic rings. The Balaban J connectivity index is 2.08. The van der Waals surface area contributed by atoms with Crippen molar-refractivity contribution >= 4 is 0 Å². The monoisotopic (exact) mass is 140 g/mol. The van der Waals surface area contributed by atoms with Crippen LogP contribution < -0.4 is 0 Å². The lowest BCUT2D eigenvalue weighted by Gasteiger charge is -2.17. The van der Waals surface area contributed by atoms with Crippen LogP contribution in [0.4, 0.5) is 0 Å². The Bertz CT molecular complexity index is 153. The van der Waals surface area contributed by atoms with Gasteiger partial charge in [-0.25, -0.2) is 0 Å². The van der Waals surface area contributed by atoms with Crippen LogP contribution in [0.25, 0.3) is 0 Å². The van der Waals surface area contributed by atoms with Crippen LogP contribution in [0.15, 0.2) is 0 Å². The Labute approximate surface area is 62.4 Å². The highest BCUT2D eigenvalue weighted by Crippen LogP contribution is 2.67. The number of rotatable bonds is 1. The first-order valence-corrected chi connectivity index (χ1v) is 4.33. The molecular weight excluding hydrogens is 124 g/mol. The molecule has 58 valence electrons. The average molecular weight is 140 g/mol. The van der Waals surface area contributed by atoms with Gasteiger partial charge in [0.05, 0.1) is 6.10 Å². The summed E-state index contributed by atoms with van der Waals surface area (Å²) in [5, 5.41) is 9.34. The van der Waals surface area contributed by atoms with E-state index in [9.17, 15) is 5.11 Å². The van der Waals surface area contributed by atoms with Crippen molar-refractivity contribution in [3.8, 4) is 0 Å². The van der Waals surface area contributed by atoms with Gasteiger partial charge in [-0.15, -0.1) is 0 Å². The largest absolute Gasteiger partial charge is 0.393 e. The molecule has 2 aliphatic carbocycles. The molecule has 0 aromatic carbocycles. The van der Waals surface area contributed by atoms with Gasteiger partial charge >= 0.3 is 0 Å². The van der Waals surface area contributed by atoms with Crippen molar-refractivity contribution in [1.82, 2.24) is 0 Å². The Morgan fingerprint density at radius 2 is 2.10 bits per heavy atom. The lowest BCUT2D eigenvalue weighted by Crippen LogP contribution is -2.12. The highest BCUT2D eigenvalue weighted by molar-refractivity contribution is 5.10. The molecule has 3 atom stereocenters. The second-order valence-electron chi connectivity index (χ2n) is 4.38. The summed E-state index contributed by atoms with van der Waals surface area (Å²) in [6.07, 6.45) is 3.58. The molecule has 1 nitrogen and oxygen atoms in total. The van der Waals surface area contributed by atoms with Gasteiger partial charge in [-0.1, -0.05) is 13.8 Å². The van der Waals surface area contributed by atoms with Crippen LogP contribution in [0.3, 0.4) is 0 Å². The molecule has 2 saturated carbocycles. The summed E-state index contributed by atoms with van der Waals surface area (Å²) in [7, 11) is 0. The normalized spacial score (nSPS) is 51.6. The van der Waals surface area contributed by atoms with Crippen LogP contribution in [-0.4, -0.2) is 11.2 Å². The van der Waals surface area contributed by atoms with Crippen LogP contribution in [0.1, 0.15) is 33.1 Å². The van der Waals surface area contributed by atoms with Gasteiger partial charge in [0.25, 0.3) is 0 Å². The van der Waals surface area contributed by atoms with E-state index in [1.807, 2.05) is 0 Å². The van der Waals surface area contributed by atoms with E-state index >= 15 is 0 Å². The number of aliphatic hydroxyl groups excluding tert-OH is 1. The SMILES string of the molecule is CC(C)[C@]12C[C@@H](O)C[C@H]1C2. The summed E-state index contributed by atoms with van der Waals surface area (Å²) in [5.74, 6) is 1.66. The van der Waals surface area contributed by atoms with Crippen LogP contribution in [0, 0.1) is 17.3 Å². The first-order chi connectivity index (χ1) is 4.65. The minimum Gasteiger partial charge on any atom is -0.393 e. The molecule has 0 heterocycles. The third kappa shape index (κ3) is 0.672. The first-order valence-electron chi connectivity index (χ1n) is 4.33. The third-order valence-electron chi connectivity index (χ3n) is 3.60. The average Bonchev–Trinajstić information content (AvgIpc) is 2.37. The van der Waals surface area contributed by atoms with Gasteiger partial charge in [-0.2, -0.15) is 0 Å². The fourth-order valence-corrected chi connectivity index (χ4v) is 2.76. The van der Waals surface area contributed by atoms with Crippen LogP contribution in [0.2, 0.25) is 0 Å². The van der Waals surface area contributed by atoms with Crippen molar-refractivity contribution in [3.05, 3.63) is 0 Å². The maximum atomic E-state index is 9.34. The highest BCUT2D eigenvalue weighted by Gasteiger charge is 2.60. The van der Waals surface area contributed by atoms with Crippen molar-refractivity contribution in [1.29, 1.82) is 0 Å². The molecular formula is C9H16O. The van der Waals surface area contributed by atoms with Gasteiger partial charge in [0, 0.05) is 0 Å². The lowest BCUT2D eigenvalue weighted by atomic mass is 9.89. The van der Waals surface area contributed by atoms with Crippen molar-refractivity contribution in [2.45, 2.75) is 39.2 Å². The summed E-state index contributed by atoms with van der Waals surface area (Å²) in [4.78, 5) is 0. The molecule has 0 bridgehead atoms. The Kier molecular flexibility index (Phi) is 1.17. The predicted molar refractivity (Wildman–Crippen MR) is 40.6 cm³/mol. The van der Waals surface area contributed by atoms with E-state index in [2.05, 4.69) is 13.8 Å². The molecule has 0 radical (unpaired) electrons. The topological polar surface area (TPSA) is 20.2 Å². The molecule has 2 aliphatic rings. The molecule has 10 heavy (non-hydrogen) atoms. The number of hydrogen-bond acceptors (Lipinski definition) is 1. The van der Waals surface area contributed by atoms with E-state index < -0.39 is 0 Å². The molecule has 0 aliphatic heterocycles. The second kappa shape index (κ2) is 1.76. The fourth-order valence-electron chi connectivity index (χ4n) is 2.76. The standard InChI is InChI=1S/C9H16O/c1-6(2)9-4-7(9)3-8(10)5-9/h6-8,10H,3-5H2,1-2H3/t7-,8-,9-/m0/s1. The molecule has 0 amide bonds. The third-order valence-corrected chi connectivity index (χ3v) is 3.60. The van der Waals surface area contributed by atoms with Crippen molar-refractivity contribution < 1.29 is 5.11 Å². The van der Waals surface area contributed by atoms with E-state index in [4.69, 9.17) is 0 Å². The minimum absolute atomic E-state index is 0.0288. The molecule has 2 fully saturated rings. The first kappa shape index (κ1) is 6.66. The fraction of sp³-hybridized carbons (Fsp3) is 1.00. The molecule has 1 N–H and O–H groups in total. The summed E-state index contributed by atoms with van der Waals surface area (Å²) in [5.41, 5.74) is 0.583. The zero-order valence-electron chi connectivity index (χ0n) is 6.80. The Morgan fingerprint density at radius 1 is 1.40 bits per heavy atom. The Morgan fingerprint density at radius 3 is 2.40 bits per heavy atom. The van der Waals surface area contributed by atoms with Gasteiger partial charge in [-0.3, -0.25) is 0 Å². The number of hydrogen-bond donors (Lipinski definition) is 1. The van der Waals surface area contributed by atoms with E-state index in [0.717, 1.165) is 24.7 Å². The molecule has 0 unspecified atom stereocenters. The number of aliphatic hydroxyl groups is 1. The molecule has 0 saturated heterocycles. The van der Waals surface area contributed by atoms with Gasteiger partial charge in [-0.05, 0) is 36.5 Å². The molecule has 2 rings (SSSR count). The van der Waals surface area contributed by atoms with Gasteiger partial charge < -0.3 is 5.11 Å². The second-order valence-corrected chi connectivity index (χ2v) is 4.38. The van der Waals surface area contributed by atoms with E-state index in [0.29, 0.717) is 5.41 Å². The van der Waals surface area contributed by atoms with Crippen LogP contribution in [-0.2, 0) is 0 Å². The summed E-state index contributed by atoms with van der Waals surface area (Å²) in [6.45, 7) is 4.58. The lowest BCUT2D eigenvalue weighted by molar-refractivity contribution is 0.149. The quantitative estimate of drug-likeness (QED) is 0.589. The van der Waals surface area contributed by atoms with Gasteiger partial charge in [0.2, 0.25) is 0 Å². The maximum Gasteiger partial charge on any atom is 0.0548 e. The van der Waals surface area contributed by atoms with Crippen molar-refractivity contribution in [3.63, 3.8) is 0 Å². The number of fused-ring (bicyclic) bond motifs is 1. The minimum atomic E-state index is 0.0288. The van der Waals surface area contributed by atoms with E-state index in [1.54, 1.807) is 0 Å². The van der Waals surface area contributed by atoms with Crippen LogP contribution >= 0.6 is 0 Å². The summed E-state index contributed by atoms with van der Waals surface area (Å²) in [6, 6.07) is 0. The van der Waals surface area contributed by atoms with Crippen LogP contribution in [0.5, 0.6) is 0 Å². The zero-order chi connectivity index (χ0) is 7.35.